The van der Waals surface area contributed by atoms with Gasteiger partial charge in [-0.3, -0.25) is 4.79 Å². The Labute approximate surface area is 95.7 Å². The molecule has 0 radical (unpaired) electrons. The van der Waals surface area contributed by atoms with Gasteiger partial charge in [0.25, 0.3) is 0 Å². The first-order valence-electron chi connectivity index (χ1n) is 5.33. The van der Waals surface area contributed by atoms with Gasteiger partial charge in [-0.2, -0.15) is 0 Å². The summed E-state index contributed by atoms with van der Waals surface area (Å²) in [5.74, 6) is 0.305. The Morgan fingerprint density at radius 1 is 1.44 bits per heavy atom. The summed E-state index contributed by atoms with van der Waals surface area (Å²) in [5.41, 5.74) is 1.97. The third kappa shape index (κ3) is 3.90. The Morgan fingerprint density at radius 3 is 2.88 bits per heavy atom. The molecule has 0 aliphatic carbocycles. The normalized spacial score (nSPS) is 10.1. The lowest BCUT2D eigenvalue weighted by molar-refractivity contribution is -0.120. The van der Waals surface area contributed by atoms with Crippen LogP contribution >= 0.6 is 0 Å². The highest BCUT2D eigenvalue weighted by Gasteiger charge is 2.01. The summed E-state index contributed by atoms with van der Waals surface area (Å²) >= 11 is 0. The smallest absolute Gasteiger partial charge is 0.221 e. The summed E-state index contributed by atoms with van der Waals surface area (Å²) in [6, 6.07) is 5.48. The van der Waals surface area contributed by atoms with Crippen molar-refractivity contribution < 1.29 is 9.90 Å². The summed E-state index contributed by atoms with van der Waals surface area (Å²) < 4.78 is 0. The lowest BCUT2D eigenvalue weighted by Crippen LogP contribution is -2.24. The average molecular weight is 222 g/mol. The summed E-state index contributed by atoms with van der Waals surface area (Å²) in [7, 11) is 1.62. The van der Waals surface area contributed by atoms with Gasteiger partial charge in [0.05, 0.1) is 0 Å². The minimum absolute atomic E-state index is 0.0148. The Hall–Kier alpha value is -1.55. The second-order valence-electron chi connectivity index (χ2n) is 3.73. The number of hydrogen-bond donors (Lipinski definition) is 3. The molecule has 16 heavy (non-hydrogen) atoms. The van der Waals surface area contributed by atoms with Gasteiger partial charge in [-0.05, 0) is 13.0 Å². The van der Waals surface area contributed by atoms with Gasteiger partial charge in [-0.15, -0.1) is 0 Å². The number of phenols is 1. The highest BCUT2D eigenvalue weighted by Crippen LogP contribution is 2.17. The molecule has 0 aromatic heterocycles. The zero-order valence-electron chi connectivity index (χ0n) is 9.71. The predicted molar refractivity (Wildman–Crippen MR) is 63.2 cm³/mol. The van der Waals surface area contributed by atoms with Crippen LogP contribution in [0.15, 0.2) is 18.2 Å². The van der Waals surface area contributed by atoms with Crippen LogP contribution in [0.3, 0.4) is 0 Å². The Bertz CT molecular complexity index is 364. The highest BCUT2D eigenvalue weighted by atomic mass is 16.3. The number of carbonyl (C=O) groups is 1. The maximum atomic E-state index is 10.9. The first-order valence-corrected chi connectivity index (χ1v) is 5.33. The molecule has 0 fully saturated rings. The molecule has 0 bridgehead atoms. The molecule has 0 aliphatic rings. The zero-order valence-corrected chi connectivity index (χ0v) is 9.71. The van der Waals surface area contributed by atoms with Crippen molar-refractivity contribution in [2.24, 2.45) is 0 Å². The van der Waals surface area contributed by atoms with Crippen LogP contribution in [0.25, 0.3) is 0 Å². The van der Waals surface area contributed by atoms with Crippen molar-refractivity contribution in [2.75, 3.05) is 13.6 Å². The Balaban J connectivity index is 2.37. The van der Waals surface area contributed by atoms with E-state index in [4.69, 9.17) is 0 Å². The van der Waals surface area contributed by atoms with Gasteiger partial charge < -0.3 is 15.7 Å². The molecule has 0 atom stereocenters. The monoisotopic (exact) mass is 222 g/mol. The Kier molecular flexibility index (Phi) is 4.79. The molecular formula is C12H18N2O2. The lowest BCUT2D eigenvalue weighted by Gasteiger charge is -2.07. The minimum atomic E-state index is 0.0148. The van der Waals surface area contributed by atoms with E-state index >= 15 is 0 Å². The summed E-state index contributed by atoms with van der Waals surface area (Å²) in [4.78, 5) is 10.9. The number of benzene rings is 1. The van der Waals surface area contributed by atoms with Crippen LogP contribution in [0.4, 0.5) is 0 Å². The van der Waals surface area contributed by atoms with Crippen LogP contribution in [-0.4, -0.2) is 24.6 Å². The maximum absolute atomic E-state index is 10.9. The molecular weight excluding hydrogens is 204 g/mol. The van der Waals surface area contributed by atoms with E-state index in [0.29, 0.717) is 19.5 Å². The van der Waals surface area contributed by atoms with Crippen LogP contribution in [0.5, 0.6) is 5.75 Å². The van der Waals surface area contributed by atoms with Crippen molar-refractivity contribution in [2.45, 2.75) is 19.9 Å². The van der Waals surface area contributed by atoms with Crippen LogP contribution in [-0.2, 0) is 11.3 Å². The molecule has 1 aromatic carbocycles. The highest BCUT2D eigenvalue weighted by molar-refractivity contribution is 5.75. The van der Waals surface area contributed by atoms with Crippen molar-refractivity contribution in [3.8, 4) is 5.75 Å². The molecule has 0 saturated heterocycles. The largest absolute Gasteiger partial charge is 0.508 e. The fourth-order valence-corrected chi connectivity index (χ4v) is 1.41. The molecule has 1 aromatic rings. The van der Waals surface area contributed by atoms with E-state index in [2.05, 4.69) is 10.6 Å². The third-order valence-corrected chi connectivity index (χ3v) is 2.36. The van der Waals surface area contributed by atoms with E-state index in [1.807, 2.05) is 19.1 Å². The summed E-state index contributed by atoms with van der Waals surface area (Å²) in [6.45, 7) is 3.16. The van der Waals surface area contributed by atoms with Gasteiger partial charge in [0, 0.05) is 32.1 Å². The van der Waals surface area contributed by atoms with Crippen molar-refractivity contribution >= 4 is 5.91 Å². The number of aromatic hydroxyl groups is 1. The van der Waals surface area contributed by atoms with E-state index < -0.39 is 0 Å². The third-order valence-electron chi connectivity index (χ3n) is 2.36. The number of hydrogen-bond acceptors (Lipinski definition) is 3. The fraction of sp³-hybridized carbons (Fsp3) is 0.417. The maximum Gasteiger partial charge on any atom is 0.221 e. The number of carbonyl (C=O) groups excluding carboxylic acids is 1. The van der Waals surface area contributed by atoms with Gasteiger partial charge in [0.1, 0.15) is 5.75 Å². The molecule has 0 heterocycles. The molecule has 0 aliphatic heterocycles. The van der Waals surface area contributed by atoms with Crippen LogP contribution in [0.1, 0.15) is 17.5 Å². The fourth-order valence-electron chi connectivity index (χ4n) is 1.41. The number of amides is 1. The van der Waals surface area contributed by atoms with Crippen molar-refractivity contribution in [1.29, 1.82) is 0 Å². The van der Waals surface area contributed by atoms with Crippen molar-refractivity contribution in [1.82, 2.24) is 10.6 Å². The molecule has 4 heteroatoms. The summed E-state index contributed by atoms with van der Waals surface area (Å²) in [6.07, 6.45) is 0.447. The first kappa shape index (κ1) is 12.5. The lowest BCUT2D eigenvalue weighted by atomic mass is 10.1. The topological polar surface area (TPSA) is 61.4 Å². The van der Waals surface area contributed by atoms with E-state index in [9.17, 15) is 9.90 Å². The van der Waals surface area contributed by atoms with E-state index in [1.165, 1.54) is 0 Å². The second-order valence-corrected chi connectivity index (χ2v) is 3.73. The van der Waals surface area contributed by atoms with Gasteiger partial charge >= 0.3 is 0 Å². The van der Waals surface area contributed by atoms with Crippen LogP contribution < -0.4 is 10.6 Å². The molecule has 0 spiro atoms. The predicted octanol–water partition coefficient (Wildman–Crippen LogP) is 0.926. The average Bonchev–Trinajstić information content (AvgIpc) is 2.28. The Morgan fingerprint density at radius 2 is 2.19 bits per heavy atom. The van der Waals surface area contributed by atoms with Gasteiger partial charge in [0.15, 0.2) is 0 Å². The second kappa shape index (κ2) is 6.12. The van der Waals surface area contributed by atoms with Gasteiger partial charge in [0.2, 0.25) is 5.91 Å². The minimum Gasteiger partial charge on any atom is -0.508 e. The molecule has 4 nitrogen and oxygen atoms in total. The molecule has 1 rings (SSSR count). The van der Waals surface area contributed by atoms with E-state index in [-0.39, 0.29) is 11.7 Å². The first-order chi connectivity index (χ1) is 7.63. The molecule has 0 unspecified atom stereocenters. The standard InChI is InChI=1S/C12H18N2O2/c1-9-3-4-11(15)10(7-9)8-14-6-5-12(16)13-2/h3-4,7,14-15H,5-6,8H2,1-2H3,(H,13,16). The van der Waals surface area contributed by atoms with Crippen molar-refractivity contribution in [3.05, 3.63) is 29.3 Å². The number of rotatable bonds is 5. The molecule has 1 amide bonds. The van der Waals surface area contributed by atoms with Crippen molar-refractivity contribution in [3.63, 3.8) is 0 Å². The molecule has 3 N–H and O–H groups in total. The van der Waals surface area contributed by atoms with Gasteiger partial charge in [-0.25, -0.2) is 0 Å². The SMILES string of the molecule is CNC(=O)CCNCc1cc(C)ccc1O. The molecule has 0 saturated carbocycles. The van der Waals surface area contributed by atoms with Gasteiger partial charge in [-0.1, -0.05) is 17.7 Å². The summed E-state index contributed by atoms with van der Waals surface area (Å²) in [5, 5.41) is 15.2. The molecule has 88 valence electrons. The van der Waals surface area contributed by atoms with Crippen LogP contribution in [0.2, 0.25) is 0 Å². The van der Waals surface area contributed by atoms with E-state index in [1.54, 1.807) is 13.1 Å². The van der Waals surface area contributed by atoms with E-state index in [0.717, 1.165) is 11.1 Å². The number of aryl methyl sites for hydroxylation is 1. The number of nitrogens with one attached hydrogen (secondary N) is 2. The number of phenolic OH excluding ortho intramolecular Hbond substituents is 1. The quantitative estimate of drug-likeness (QED) is 0.649. The van der Waals surface area contributed by atoms with Crippen LogP contribution in [0, 0.1) is 6.92 Å². The zero-order chi connectivity index (χ0) is 12.0.